The van der Waals surface area contributed by atoms with Crippen LogP contribution in [-0.4, -0.2) is 50.3 Å². The smallest absolute Gasteiger partial charge is 0.160 e. The highest BCUT2D eigenvalue weighted by Crippen LogP contribution is 2.25. The van der Waals surface area contributed by atoms with Crippen LogP contribution in [0.4, 0.5) is 0 Å². The molecule has 1 atom stereocenters. The number of carbonyl (C=O) groups excluding carboxylic acids is 1. The third-order valence-corrected chi connectivity index (χ3v) is 7.05. The van der Waals surface area contributed by atoms with Crippen LogP contribution in [0.3, 0.4) is 0 Å². The van der Waals surface area contributed by atoms with Crippen molar-refractivity contribution in [2.24, 2.45) is 11.1 Å². The van der Waals surface area contributed by atoms with E-state index in [0.29, 0.717) is 23.6 Å². The van der Waals surface area contributed by atoms with Gasteiger partial charge in [-0.1, -0.05) is 126 Å². The Balaban J connectivity index is -0.000000291. The van der Waals surface area contributed by atoms with Gasteiger partial charge >= 0.3 is 0 Å². The number of oxime groups is 1. The fourth-order valence-electron chi connectivity index (χ4n) is 2.99. The fourth-order valence-corrected chi connectivity index (χ4v) is 4.00. The summed E-state index contributed by atoms with van der Waals surface area (Å²) in [5.41, 5.74) is 5.79. The highest BCUT2D eigenvalue weighted by atomic mass is 32.1. The summed E-state index contributed by atoms with van der Waals surface area (Å²) in [5.74, 6) is 0.983. The zero-order chi connectivity index (χ0) is 34.8. The lowest BCUT2D eigenvalue weighted by Gasteiger charge is -2.13. The number of thiol groups is 1. The van der Waals surface area contributed by atoms with Crippen LogP contribution in [0.1, 0.15) is 89.0 Å². The van der Waals surface area contributed by atoms with Crippen LogP contribution in [0.25, 0.3) is 0 Å². The molecule has 0 radical (unpaired) electrons. The van der Waals surface area contributed by atoms with Crippen molar-refractivity contribution in [2.75, 3.05) is 33.1 Å². The van der Waals surface area contributed by atoms with Gasteiger partial charge in [0.15, 0.2) is 6.29 Å². The number of aldehydes is 1. The summed E-state index contributed by atoms with van der Waals surface area (Å²) in [6.45, 7) is 27.2. The lowest BCUT2D eigenvalue weighted by atomic mass is 9.92. The van der Waals surface area contributed by atoms with Gasteiger partial charge in [-0.25, -0.2) is 0 Å². The second-order valence-electron chi connectivity index (χ2n) is 8.84. The van der Waals surface area contributed by atoms with Crippen molar-refractivity contribution in [1.29, 1.82) is 0 Å². The topological polar surface area (TPSA) is 70.9 Å². The monoisotopic (exact) mass is 646 g/mol. The average molecular weight is 647 g/mol. The van der Waals surface area contributed by atoms with Crippen molar-refractivity contribution in [3.8, 4) is 0 Å². The average Bonchev–Trinajstić information content (AvgIpc) is 3.44. The van der Waals surface area contributed by atoms with Gasteiger partial charge < -0.3 is 15.3 Å². The minimum absolute atomic E-state index is 0.128. The maximum Gasteiger partial charge on any atom is 0.160 e. The number of nitrogens with one attached hydrogen (secondary N) is 1. The maximum atomic E-state index is 10.9. The number of hydrogen-bond acceptors (Lipinski definition) is 7. The molecule has 1 aromatic heterocycles. The fraction of sp³-hybridized carbons (Fsp3) is 0.459. The maximum absolute atomic E-state index is 10.9. The first kappa shape index (κ1) is 48.2. The predicted octanol–water partition coefficient (Wildman–Crippen LogP) is 10.6. The Morgan fingerprint density at radius 1 is 1.20 bits per heavy atom. The number of thiophene rings is 1. The molecule has 0 spiro atoms. The number of hydrogen-bond donors (Lipinski definition) is 3. The summed E-state index contributed by atoms with van der Waals surface area (Å²) in [6.07, 6.45) is 20.4. The van der Waals surface area contributed by atoms with Crippen LogP contribution in [0.2, 0.25) is 0 Å². The van der Waals surface area contributed by atoms with Crippen molar-refractivity contribution in [3.63, 3.8) is 0 Å². The summed E-state index contributed by atoms with van der Waals surface area (Å²) >= 11 is 5.47. The van der Waals surface area contributed by atoms with Crippen LogP contribution in [0.15, 0.2) is 95.1 Å². The van der Waals surface area contributed by atoms with Crippen LogP contribution < -0.4 is 5.32 Å². The van der Waals surface area contributed by atoms with Crippen molar-refractivity contribution in [3.05, 3.63) is 106 Å². The van der Waals surface area contributed by atoms with Crippen LogP contribution >= 0.6 is 24.0 Å². The number of methoxy groups -OCH3 is 1. The van der Waals surface area contributed by atoms with Crippen molar-refractivity contribution < 1.29 is 14.7 Å². The van der Waals surface area contributed by atoms with Crippen molar-refractivity contribution in [1.82, 2.24) is 5.32 Å². The highest BCUT2D eigenvalue weighted by Gasteiger charge is 2.16. The Morgan fingerprint density at radius 3 is 2.27 bits per heavy atom. The molecule has 2 N–H and O–H groups in total. The Labute approximate surface area is 280 Å². The zero-order valence-electron chi connectivity index (χ0n) is 29.4. The molecule has 1 heterocycles. The molecule has 0 bridgehead atoms. The number of carbonyl (C=O) groups is 1. The van der Waals surface area contributed by atoms with Gasteiger partial charge in [0.2, 0.25) is 0 Å². The molecule has 5 nitrogen and oxygen atoms in total. The van der Waals surface area contributed by atoms with E-state index < -0.39 is 0 Å². The van der Waals surface area contributed by atoms with E-state index in [2.05, 4.69) is 74.4 Å². The standard InChI is InChI=1S/C16H21NO3S.C9H15N.C8H14S.2C2H6/c1-11(6-5-7-20-4)12(2)8-15(17-19)14-10-21-16(9-18)13(14)3;1-4-6-7-9(5-2)8-10-3;1-3-4-5-6-8(2)7-9;2*1-2/h5-6,9-10,12,19H,1,7-8H2,2-4H3;4-7,10H,1,8H2,2-3H3;4-6,9H,3,7H2,1-2H3;2*1-2H3/b6-5-,17-15+;7-6-,9-5+;5-4-,8-6+;;/t12-;;;;/m0..../s1. The summed E-state index contributed by atoms with van der Waals surface area (Å²) in [5, 5.41) is 17.6. The minimum Gasteiger partial charge on any atom is -0.411 e. The molecule has 1 aromatic rings. The molecule has 0 saturated carbocycles. The summed E-state index contributed by atoms with van der Waals surface area (Å²) < 4.78 is 4.95. The molecule has 0 aromatic carbocycles. The van der Waals surface area contributed by atoms with E-state index in [4.69, 9.17) is 4.74 Å². The Morgan fingerprint density at radius 2 is 1.84 bits per heavy atom. The molecule has 0 aliphatic rings. The molecular weight excluding hydrogens is 585 g/mol. The van der Waals surface area contributed by atoms with Gasteiger partial charge in [0, 0.05) is 36.8 Å². The Bertz CT molecular complexity index is 1050. The molecule has 0 unspecified atom stereocenters. The number of likely N-dealkylation sites (N-methyl/N-ethyl adjacent to an activating group) is 1. The molecular formula is C37H62N2O3S2. The van der Waals surface area contributed by atoms with E-state index in [1.54, 1.807) is 13.2 Å². The molecule has 44 heavy (non-hydrogen) atoms. The van der Waals surface area contributed by atoms with Crippen LogP contribution in [-0.2, 0) is 4.74 Å². The zero-order valence-corrected chi connectivity index (χ0v) is 31.2. The first-order chi connectivity index (χ1) is 21.2. The number of rotatable bonds is 15. The first-order valence-electron chi connectivity index (χ1n) is 15.3. The van der Waals surface area contributed by atoms with Crippen molar-refractivity contribution in [2.45, 2.75) is 75.2 Å². The molecule has 0 aliphatic heterocycles. The van der Waals surface area contributed by atoms with E-state index in [-0.39, 0.29) is 5.92 Å². The van der Waals surface area contributed by atoms with Crippen LogP contribution in [0, 0.1) is 12.8 Å². The van der Waals surface area contributed by atoms with Gasteiger partial charge in [0.25, 0.3) is 0 Å². The molecule has 0 saturated heterocycles. The molecule has 0 fully saturated rings. The Kier molecular flexibility index (Phi) is 40.0. The van der Waals surface area contributed by atoms with Gasteiger partial charge in [-0.2, -0.15) is 12.6 Å². The van der Waals surface area contributed by atoms with Gasteiger partial charge in [-0.15, -0.1) is 11.3 Å². The second kappa shape index (κ2) is 36.5. The minimum atomic E-state index is 0.128. The predicted molar refractivity (Wildman–Crippen MR) is 203 cm³/mol. The molecule has 7 heteroatoms. The van der Waals surface area contributed by atoms with Crippen LogP contribution in [0.5, 0.6) is 0 Å². The summed E-state index contributed by atoms with van der Waals surface area (Å²) in [4.78, 5) is 11.6. The first-order valence-corrected chi connectivity index (χ1v) is 16.8. The van der Waals surface area contributed by atoms with Gasteiger partial charge in [-0.05, 0) is 51.3 Å². The van der Waals surface area contributed by atoms with Gasteiger partial charge in [0.05, 0.1) is 17.2 Å². The third kappa shape index (κ3) is 25.8. The lowest BCUT2D eigenvalue weighted by molar-refractivity contribution is 0.112. The molecule has 0 aliphatic carbocycles. The quantitative estimate of drug-likeness (QED) is 0.0443. The van der Waals surface area contributed by atoms with Gasteiger partial charge in [0.1, 0.15) is 0 Å². The van der Waals surface area contributed by atoms with E-state index in [1.165, 1.54) is 22.5 Å². The lowest BCUT2D eigenvalue weighted by Crippen LogP contribution is -2.09. The Hall–Kier alpha value is -2.71. The normalized spacial score (nSPS) is 12.2. The van der Waals surface area contributed by atoms with Gasteiger partial charge in [-0.3, -0.25) is 4.79 Å². The summed E-state index contributed by atoms with van der Waals surface area (Å²) in [7, 11) is 3.57. The molecule has 250 valence electrons. The van der Waals surface area contributed by atoms with Crippen molar-refractivity contribution >= 4 is 36.0 Å². The molecule has 1 rings (SSSR count). The summed E-state index contributed by atoms with van der Waals surface area (Å²) in [6, 6.07) is 0. The number of allylic oxidation sites excluding steroid dienone is 8. The van der Waals surface area contributed by atoms with E-state index >= 15 is 0 Å². The highest BCUT2D eigenvalue weighted by molar-refractivity contribution is 7.80. The number of ether oxygens (including phenoxy) is 1. The second-order valence-corrected chi connectivity index (χ2v) is 10.1. The third-order valence-electron chi connectivity index (χ3n) is 5.54. The number of nitrogens with zero attached hydrogens (tertiary/aromatic N) is 1. The van der Waals surface area contributed by atoms with E-state index in [0.717, 1.165) is 41.7 Å². The SMILES string of the molecule is C=C(/C=C\COC)[C@@H](C)C/C(=N\O)c1csc(C=O)c1C.C=C/C=C\C(=C/C)CNC.CC.CC.CC/C=C\C=C(/C)CS. The molecule has 0 amide bonds. The van der Waals surface area contributed by atoms with E-state index in [9.17, 15) is 10.0 Å². The largest absolute Gasteiger partial charge is 0.411 e. The van der Waals surface area contributed by atoms with E-state index in [1.807, 2.05) is 85.2 Å².